The first-order valence-corrected chi connectivity index (χ1v) is 6.90. The second kappa shape index (κ2) is 4.81. The monoisotopic (exact) mass is 275 g/mol. The van der Waals surface area contributed by atoms with Gasteiger partial charge in [-0.2, -0.15) is 0 Å². The van der Waals surface area contributed by atoms with Crippen molar-refractivity contribution in [1.82, 2.24) is 0 Å². The fraction of sp³-hybridized carbons (Fsp3) is 0.467. The van der Waals surface area contributed by atoms with Crippen molar-refractivity contribution in [2.45, 2.75) is 19.3 Å². The van der Waals surface area contributed by atoms with Crippen LogP contribution in [-0.4, -0.2) is 28.6 Å². The molecule has 0 heterocycles. The zero-order valence-electron chi connectivity index (χ0n) is 11.0. The van der Waals surface area contributed by atoms with E-state index in [1.165, 1.54) is 23.5 Å². The predicted molar refractivity (Wildman–Crippen MR) is 72.4 cm³/mol. The van der Waals surface area contributed by atoms with E-state index in [9.17, 15) is 14.7 Å². The molecule has 20 heavy (non-hydrogen) atoms. The number of carbonyl (C=O) groups excluding carboxylic acids is 1. The van der Waals surface area contributed by atoms with Crippen molar-refractivity contribution < 1.29 is 19.8 Å². The van der Waals surface area contributed by atoms with Gasteiger partial charge in [0.1, 0.15) is 12.3 Å². The minimum atomic E-state index is -1.03. The molecule has 106 valence electrons. The number of aliphatic carboxylic acids is 1. The molecule has 2 fully saturated rings. The first-order valence-electron chi connectivity index (χ1n) is 6.90. The fourth-order valence-corrected chi connectivity index (χ4v) is 3.43. The summed E-state index contributed by atoms with van der Waals surface area (Å²) in [5, 5.41) is 18.3. The van der Waals surface area contributed by atoms with E-state index >= 15 is 0 Å². The van der Waals surface area contributed by atoms with Crippen LogP contribution in [0.25, 0.3) is 0 Å². The maximum atomic E-state index is 12.5. The van der Waals surface area contributed by atoms with Crippen LogP contribution in [0.2, 0.25) is 0 Å². The van der Waals surface area contributed by atoms with Gasteiger partial charge in [-0.15, -0.1) is 0 Å². The maximum absolute atomic E-state index is 12.5. The molecule has 0 spiro atoms. The highest BCUT2D eigenvalue weighted by Crippen LogP contribution is 2.58. The van der Waals surface area contributed by atoms with Gasteiger partial charge in [0.25, 0.3) is 0 Å². The molecule has 2 atom stereocenters. The number of carboxylic acid groups (broad SMARTS) is 1. The van der Waals surface area contributed by atoms with Gasteiger partial charge in [0.15, 0.2) is 0 Å². The topological polar surface area (TPSA) is 77.8 Å². The highest BCUT2D eigenvalue weighted by Gasteiger charge is 2.57. The van der Waals surface area contributed by atoms with E-state index in [1.54, 1.807) is 12.1 Å². The molecule has 2 aliphatic rings. The maximum Gasteiger partial charge on any atom is 0.323 e. The van der Waals surface area contributed by atoms with Crippen molar-refractivity contribution in [2.24, 2.45) is 17.8 Å². The molecule has 1 aromatic carbocycles. The first kappa shape index (κ1) is 13.0. The number of phenols is 1. The first-order chi connectivity index (χ1) is 9.58. The standard InChI is InChI=1S/C15H17NO4/c17-10-6-4-9(5-7-10)16(8-13(18)19)15(20)14-11-2-1-3-12(11)14/h4-7,11-12,14,17H,1-3,8H2,(H,18,19). The molecule has 2 N–H and O–H groups in total. The van der Waals surface area contributed by atoms with Crippen molar-refractivity contribution in [2.75, 3.05) is 11.4 Å². The van der Waals surface area contributed by atoms with Crippen molar-refractivity contribution in [3.8, 4) is 5.75 Å². The second-order valence-corrected chi connectivity index (χ2v) is 5.62. The fourth-order valence-electron chi connectivity index (χ4n) is 3.43. The lowest BCUT2D eigenvalue weighted by Gasteiger charge is -2.22. The largest absolute Gasteiger partial charge is 0.508 e. The summed E-state index contributed by atoms with van der Waals surface area (Å²) in [6.07, 6.45) is 3.34. The van der Waals surface area contributed by atoms with Gasteiger partial charge in [0.2, 0.25) is 5.91 Å². The molecule has 2 saturated carbocycles. The second-order valence-electron chi connectivity index (χ2n) is 5.62. The van der Waals surface area contributed by atoms with Gasteiger partial charge in [0.05, 0.1) is 0 Å². The van der Waals surface area contributed by atoms with Crippen LogP contribution in [0.5, 0.6) is 5.75 Å². The van der Waals surface area contributed by atoms with Crippen LogP contribution in [-0.2, 0) is 9.59 Å². The van der Waals surface area contributed by atoms with E-state index in [2.05, 4.69) is 0 Å². The molecule has 2 aliphatic carbocycles. The third-order valence-electron chi connectivity index (χ3n) is 4.41. The van der Waals surface area contributed by atoms with Crippen LogP contribution in [0.1, 0.15) is 19.3 Å². The molecule has 0 radical (unpaired) electrons. The summed E-state index contributed by atoms with van der Waals surface area (Å²) in [6, 6.07) is 6.08. The van der Waals surface area contributed by atoms with E-state index in [-0.39, 0.29) is 24.1 Å². The number of benzene rings is 1. The minimum absolute atomic E-state index is 0.00287. The summed E-state index contributed by atoms with van der Waals surface area (Å²) in [4.78, 5) is 24.9. The summed E-state index contributed by atoms with van der Waals surface area (Å²) in [7, 11) is 0. The number of hydrogen-bond acceptors (Lipinski definition) is 3. The Labute approximate surface area is 116 Å². The van der Waals surface area contributed by atoms with Gasteiger partial charge in [0, 0.05) is 11.6 Å². The van der Waals surface area contributed by atoms with Gasteiger partial charge in [-0.1, -0.05) is 6.42 Å². The molecular weight excluding hydrogens is 258 g/mol. The third kappa shape index (κ3) is 2.24. The molecule has 1 amide bonds. The minimum Gasteiger partial charge on any atom is -0.508 e. The molecule has 3 rings (SSSR count). The lowest BCUT2D eigenvalue weighted by molar-refractivity contribution is -0.136. The predicted octanol–water partition coefficient (Wildman–Crippen LogP) is 1.86. The number of nitrogens with zero attached hydrogens (tertiary/aromatic N) is 1. The van der Waals surface area contributed by atoms with Crippen LogP contribution < -0.4 is 4.90 Å². The van der Waals surface area contributed by atoms with E-state index in [4.69, 9.17) is 5.11 Å². The Hall–Kier alpha value is -2.04. The molecule has 5 nitrogen and oxygen atoms in total. The molecule has 0 aliphatic heterocycles. The van der Waals surface area contributed by atoms with Crippen molar-refractivity contribution in [3.05, 3.63) is 24.3 Å². The van der Waals surface area contributed by atoms with Crippen molar-refractivity contribution in [3.63, 3.8) is 0 Å². The number of carbonyl (C=O) groups is 2. The van der Waals surface area contributed by atoms with Gasteiger partial charge in [-0.25, -0.2) is 0 Å². The molecule has 5 heteroatoms. The number of carboxylic acids is 1. The van der Waals surface area contributed by atoms with Gasteiger partial charge < -0.3 is 15.1 Å². The lowest BCUT2D eigenvalue weighted by atomic mass is 10.1. The Kier molecular flexibility index (Phi) is 3.12. The molecule has 0 aromatic heterocycles. The van der Waals surface area contributed by atoms with Crippen molar-refractivity contribution in [1.29, 1.82) is 0 Å². The average molecular weight is 275 g/mol. The number of fused-ring (bicyclic) bond motifs is 1. The summed E-state index contributed by atoms with van der Waals surface area (Å²) in [6.45, 7) is -0.334. The molecule has 0 bridgehead atoms. The summed E-state index contributed by atoms with van der Waals surface area (Å²) >= 11 is 0. The van der Waals surface area contributed by atoms with Gasteiger partial charge in [-0.05, 0) is 48.9 Å². The zero-order chi connectivity index (χ0) is 14.3. The average Bonchev–Trinajstić information content (AvgIpc) is 2.89. The van der Waals surface area contributed by atoms with Crippen LogP contribution in [0.3, 0.4) is 0 Å². The number of phenolic OH excluding ortho intramolecular Hbond substituents is 1. The Morgan fingerprint density at radius 2 is 1.75 bits per heavy atom. The number of aromatic hydroxyl groups is 1. The normalized spacial score (nSPS) is 26.9. The van der Waals surface area contributed by atoms with E-state index < -0.39 is 5.97 Å². The Balaban J connectivity index is 1.81. The van der Waals surface area contributed by atoms with Crippen LogP contribution in [0.15, 0.2) is 24.3 Å². The zero-order valence-corrected chi connectivity index (χ0v) is 11.0. The highest BCUT2D eigenvalue weighted by molar-refractivity contribution is 6.00. The van der Waals surface area contributed by atoms with Gasteiger partial charge in [-0.3, -0.25) is 9.59 Å². The smallest absolute Gasteiger partial charge is 0.323 e. The van der Waals surface area contributed by atoms with Crippen molar-refractivity contribution >= 4 is 17.6 Å². The number of anilines is 1. The quantitative estimate of drug-likeness (QED) is 0.879. The Morgan fingerprint density at radius 1 is 1.15 bits per heavy atom. The van der Waals surface area contributed by atoms with E-state index in [0.29, 0.717) is 17.5 Å². The number of amides is 1. The van der Waals surface area contributed by atoms with E-state index in [0.717, 1.165) is 12.8 Å². The van der Waals surface area contributed by atoms with Crippen LogP contribution in [0, 0.1) is 17.8 Å². The SMILES string of the molecule is O=C(O)CN(C(=O)C1C2CCCC21)c1ccc(O)cc1. The van der Waals surface area contributed by atoms with E-state index in [1.807, 2.05) is 0 Å². The number of rotatable bonds is 4. The highest BCUT2D eigenvalue weighted by atomic mass is 16.4. The van der Waals surface area contributed by atoms with Gasteiger partial charge >= 0.3 is 5.97 Å². The van der Waals surface area contributed by atoms with Crippen LogP contribution >= 0.6 is 0 Å². The molecular formula is C15H17NO4. The summed E-state index contributed by atoms with van der Waals surface area (Å²) < 4.78 is 0. The summed E-state index contributed by atoms with van der Waals surface area (Å²) in [5.41, 5.74) is 0.528. The lowest BCUT2D eigenvalue weighted by Crippen LogP contribution is -2.37. The van der Waals surface area contributed by atoms with Crippen LogP contribution in [0.4, 0.5) is 5.69 Å². The summed E-state index contributed by atoms with van der Waals surface area (Å²) in [5.74, 6) is -0.117. The number of hydrogen-bond donors (Lipinski definition) is 2. The molecule has 1 aromatic rings. The Morgan fingerprint density at radius 3 is 2.30 bits per heavy atom. The molecule has 0 saturated heterocycles. The molecule has 2 unspecified atom stereocenters. The third-order valence-corrected chi connectivity index (χ3v) is 4.41. The Bertz CT molecular complexity index is 529.